The van der Waals surface area contributed by atoms with E-state index in [1.165, 1.54) is 12.1 Å². The summed E-state index contributed by atoms with van der Waals surface area (Å²) in [4.78, 5) is 12.5. The minimum atomic E-state index is -0.263. The fraction of sp³-hybridized carbons (Fsp3) is 0.143. The Hall–Kier alpha value is -2.21. The fourth-order valence-corrected chi connectivity index (χ4v) is 2.97. The topological polar surface area (TPSA) is 55.0 Å². The molecule has 0 bridgehead atoms. The number of benzene rings is 1. The molecule has 1 aromatic carbocycles. The number of aryl methyl sites for hydroxylation is 1. The highest BCUT2D eigenvalue weighted by atomic mass is 32.1. The summed E-state index contributed by atoms with van der Waals surface area (Å²) in [5.74, 6) is 0.702. The van der Waals surface area contributed by atoms with Gasteiger partial charge in [0.15, 0.2) is 0 Å². The fourth-order valence-electron chi connectivity index (χ4n) is 2.09. The number of nitrogens with zero attached hydrogens (tertiary/aromatic N) is 3. The van der Waals surface area contributed by atoms with Gasteiger partial charge in [0.1, 0.15) is 16.5 Å². The van der Waals surface area contributed by atoms with Crippen LogP contribution in [-0.4, -0.2) is 17.0 Å². The molecule has 3 rings (SSSR count). The van der Waals surface area contributed by atoms with Gasteiger partial charge in [-0.25, -0.2) is 9.37 Å². The minimum Gasteiger partial charge on any atom is -0.368 e. The summed E-state index contributed by atoms with van der Waals surface area (Å²) in [5, 5.41) is 0.952. The van der Waals surface area contributed by atoms with Crippen LogP contribution >= 0.6 is 11.3 Å². The molecule has 0 spiro atoms. The van der Waals surface area contributed by atoms with Crippen molar-refractivity contribution in [3.05, 3.63) is 41.0 Å². The summed E-state index contributed by atoms with van der Waals surface area (Å²) in [7, 11) is 1.88. The molecule has 0 aliphatic carbocycles. The van der Waals surface area contributed by atoms with E-state index < -0.39 is 0 Å². The molecule has 0 saturated carbocycles. The standard InChI is InChI=1S/C14H13FN4S/c1-8-7-11-12(17-14(16)18-13(11)20-8)19(2)10-5-3-9(15)4-6-10/h3-7H,1-2H3,(H2,16,17,18). The van der Waals surface area contributed by atoms with Crippen LogP contribution in [0.25, 0.3) is 10.2 Å². The Morgan fingerprint density at radius 2 is 1.90 bits per heavy atom. The number of halogens is 1. The van der Waals surface area contributed by atoms with Crippen molar-refractivity contribution in [3.8, 4) is 0 Å². The Morgan fingerprint density at radius 1 is 1.20 bits per heavy atom. The summed E-state index contributed by atoms with van der Waals surface area (Å²) >= 11 is 1.58. The van der Waals surface area contributed by atoms with Crippen LogP contribution in [0.4, 0.5) is 21.8 Å². The van der Waals surface area contributed by atoms with Crippen molar-refractivity contribution >= 4 is 39.0 Å². The molecule has 0 atom stereocenters. The first-order chi connectivity index (χ1) is 9.54. The molecule has 2 N–H and O–H groups in total. The average Bonchev–Trinajstić information content (AvgIpc) is 2.78. The predicted molar refractivity (Wildman–Crippen MR) is 81.0 cm³/mol. The molecule has 2 heterocycles. The Balaban J connectivity index is 2.15. The highest BCUT2D eigenvalue weighted by Gasteiger charge is 2.14. The summed E-state index contributed by atoms with van der Waals surface area (Å²) in [5.41, 5.74) is 6.61. The number of aromatic nitrogens is 2. The molecule has 20 heavy (non-hydrogen) atoms. The number of nitrogens with two attached hydrogens (primary N) is 1. The average molecular weight is 288 g/mol. The quantitative estimate of drug-likeness (QED) is 0.784. The second kappa shape index (κ2) is 4.72. The van der Waals surface area contributed by atoms with E-state index >= 15 is 0 Å². The van der Waals surface area contributed by atoms with Crippen molar-refractivity contribution in [3.63, 3.8) is 0 Å². The molecular formula is C14H13FN4S. The van der Waals surface area contributed by atoms with Crippen molar-refractivity contribution < 1.29 is 4.39 Å². The van der Waals surface area contributed by atoms with Crippen LogP contribution in [0.1, 0.15) is 4.88 Å². The lowest BCUT2D eigenvalue weighted by atomic mass is 10.2. The van der Waals surface area contributed by atoms with Gasteiger partial charge in [0, 0.05) is 17.6 Å². The Morgan fingerprint density at radius 3 is 2.60 bits per heavy atom. The second-order valence-corrected chi connectivity index (χ2v) is 5.75. The Bertz CT molecular complexity index is 767. The van der Waals surface area contributed by atoms with Gasteiger partial charge in [-0.05, 0) is 37.3 Å². The van der Waals surface area contributed by atoms with Crippen LogP contribution in [0.3, 0.4) is 0 Å². The van der Waals surface area contributed by atoms with Crippen LogP contribution in [-0.2, 0) is 0 Å². The van der Waals surface area contributed by atoms with Gasteiger partial charge in [-0.2, -0.15) is 4.98 Å². The minimum absolute atomic E-state index is 0.239. The molecule has 0 fully saturated rings. The Kier molecular flexibility index (Phi) is 3.02. The van der Waals surface area contributed by atoms with Gasteiger partial charge in [-0.3, -0.25) is 0 Å². The molecule has 0 aliphatic heterocycles. The molecule has 102 valence electrons. The lowest BCUT2D eigenvalue weighted by molar-refractivity contribution is 0.628. The lowest BCUT2D eigenvalue weighted by Gasteiger charge is -2.19. The van der Waals surface area contributed by atoms with E-state index in [4.69, 9.17) is 5.73 Å². The van der Waals surface area contributed by atoms with Gasteiger partial charge in [-0.1, -0.05) is 0 Å². The first-order valence-electron chi connectivity index (χ1n) is 6.07. The lowest BCUT2D eigenvalue weighted by Crippen LogP contribution is -2.13. The predicted octanol–water partition coefficient (Wildman–Crippen LogP) is 3.49. The smallest absolute Gasteiger partial charge is 0.223 e. The van der Waals surface area contributed by atoms with Gasteiger partial charge in [0.25, 0.3) is 0 Å². The maximum Gasteiger partial charge on any atom is 0.223 e. The first kappa shape index (κ1) is 12.8. The molecule has 0 aliphatic rings. The van der Waals surface area contributed by atoms with Crippen molar-refractivity contribution in [2.45, 2.75) is 6.92 Å². The van der Waals surface area contributed by atoms with E-state index in [9.17, 15) is 4.39 Å². The van der Waals surface area contributed by atoms with Crippen LogP contribution in [0.5, 0.6) is 0 Å². The molecule has 0 saturated heterocycles. The molecule has 2 aromatic heterocycles. The van der Waals surface area contributed by atoms with Gasteiger partial charge < -0.3 is 10.6 Å². The SMILES string of the molecule is Cc1cc2c(N(C)c3ccc(F)cc3)nc(N)nc2s1. The number of nitrogen functional groups attached to an aromatic ring is 1. The van der Waals surface area contributed by atoms with Gasteiger partial charge >= 0.3 is 0 Å². The number of hydrogen-bond donors (Lipinski definition) is 1. The van der Waals surface area contributed by atoms with E-state index in [0.29, 0.717) is 0 Å². The molecular weight excluding hydrogens is 275 g/mol. The number of thiophene rings is 1. The monoisotopic (exact) mass is 288 g/mol. The third-order valence-corrected chi connectivity index (χ3v) is 3.99. The Labute approximate surface area is 119 Å². The van der Waals surface area contributed by atoms with E-state index in [1.807, 2.05) is 24.9 Å². The van der Waals surface area contributed by atoms with E-state index in [-0.39, 0.29) is 11.8 Å². The number of anilines is 3. The molecule has 0 unspecified atom stereocenters. The zero-order chi connectivity index (χ0) is 14.3. The van der Waals surface area contributed by atoms with Gasteiger partial charge in [0.05, 0.1) is 5.39 Å². The highest BCUT2D eigenvalue weighted by molar-refractivity contribution is 7.18. The zero-order valence-corrected chi connectivity index (χ0v) is 11.9. The number of rotatable bonds is 2. The first-order valence-corrected chi connectivity index (χ1v) is 6.89. The van der Waals surface area contributed by atoms with E-state index in [2.05, 4.69) is 9.97 Å². The summed E-state index contributed by atoms with van der Waals surface area (Å²) in [6, 6.07) is 8.30. The van der Waals surface area contributed by atoms with E-state index in [0.717, 1.165) is 26.6 Å². The number of hydrogen-bond acceptors (Lipinski definition) is 5. The van der Waals surface area contributed by atoms with Crippen LogP contribution in [0.15, 0.2) is 30.3 Å². The van der Waals surface area contributed by atoms with Crippen molar-refractivity contribution in [2.24, 2.45) is 0 Å². The summed E-state index contributed by atoms with van der Waals surface area (Å²) in [6.45, 7) is 2.02. The van der Waals surface area contributed by atoms with Crippen molar-refractivity contribution in [1.29, 1.82) is 0 Å². The van der Waals surface area contributed by atoms with Crippen molar-refractivity contribution in [1.82, 2.24) is 9.97 Å². The number of fused-ring (bicyclic) bond motifs is 1. The molecule has 0 radical (unpaired) electrons. The molecule has 6 heteroatoms. The van der Waals surface area contributed by atoms with Gasteiger partial charge in [-0.15, -0.1) is 11.3 Å². The largest absolute Gasteiger partial charge is 0.368 e. The highest BCUT2D eigenvalue weighted by Crippen LogP contribution is 2.33. The maximum atomic E-state index is 13.0. The van der Waals surface area contributed by atoms with Crippen LogP contribution in [0, 0.1) is 12.7 Å². The summed E-state index contributed by atoms with van der Waals surface area (Å²) < 4.78 is 13.0. The third kappa shape index (κ3) is 2.18. The van der Waals surface area contributed by atoms with Crippen LogP contribution < -0.4 is 10.6 Å². The van der Waals surface area contributed by atoms with Crippen LogP contribution in [0.2, 0.25) is 0 Å². The molecule has 0 amide bonds. The summed E-state index contributed by atoms with van der Waals surface area (Å²) in [6.07, 6.45) is 0. The van der Waals surface area contributed by atoms with E-state index in [1.54, 1.807) is 23.5 Å². The molecule has 3 aromatic rings. The zero-order valence-electron chi connectivity index (χ0n) is 11.1. The third-order valence-electron chi connectivity index (χ3n) is 3.04. The van der Waals surface area contributed by atoms with Crippen molar-refractivity contribution in [2.75, 3.05) is 17.7 Å². The molecule has 4 nitrogen and oxygen atoms in total. The maximum absolute atomic E-state index is 13.0. The second-order valence-electron chi connectivity index (χ2n) is 4.52. The normalized spacial score (nSPS) is 10.9. The van der Waals surface area contributed by atoms with Gasteiger partial charge in [0.2, 0.25) is 5.95 Å².